The van der Waals surface area contributed by atoms with Crippen LogP contribution in [0.1, 0.15) is 22.8 Å². The maximum atomic E-state index is 15.3. The summed E-state index contributed by atoms with van der Waals surface area (Å²) in [5.74, 6) is -2.31. The average Bonchev–Trinajstić information content (AvgIpc) is 3.58. The van der Waals surface area contributed by atoms with E-state index in [1.165, 1.54) is 30.7 Å². The van der Waals surface area contributed by atoms with Crippen LogP contribution in [0, 0.1) is 11.6 Å². The summed E-state index contributed by atoms with van der Waals surface area (Å²) >= 11 is 0. The molecule has 1 aliphatic rings. The van der Waals surface area contributed by atoms with E-state index in [-0.39, 0.29) is 48.2 Å². The second-order valence-electron chi connectivity index (χ2n) is 11.6. The van der Waals surface area contributed by atoms with Gasteiger partial charge in [0.1, 0.15) is 0 Å². The fourth-order valence-corrected chi connectivity index (χ4v) is 5.70. The topological polar surface area (TPSA) is 158 Å². The molecule has 0 unspecified atom stereocenters. The number of aliphatic hydroxyl groups excluding tert-OH is 1. The summed E-state index contributed by atoms with van der Waals surface area (Å²) in [5.41, 5.74) is 2.66. The van der Waals surface area contributed by atoms with Crippen molar-refractivity contribution in [1.29, 1.82) is 0 Å². The lowest BCUT2D eigenvalue weighted by Crippen LogP contribution is -2.55. The molecule has 0 saturated carbocycles. The number of hydrogen-bond acceptors (Lipinski definition) is 10. The number of benzene rings is 2. The van der Waals surface area contributed by atoms with E-state index < -0.39 is 11.6 Å². The van der Waals surface area contributed by atoms with E-state index in [0.29, 0.717) is 67.6 Å². The summed E-state index contributed by atoms with van der Waals surface area (Å²) in [7, 11) is 0. The molecule has 5 aromatic rings. The van der Waals surface area contributed by atoms with Crippen LogP contribution in [0.2, 0.25) is 0 Å². The predicted octanol–water partition coefficient (Wildman–Crippen LogP) is 3.28. The number of ether oxygens (including phenoxy) is 1. The number of aliphatic hydroxyl groups is 1. The number of aromatic nitrogens is 4. The Kier molecular flexibility index (Phi) is 10.9. The second kappa shape index (κ2) is 15.8. The number of hydrogen-bond donors (Lipinski definition) is 5. The molecule has 2 aromatic carbocycles. The molecule has 5 N–H and O–H groups in total. The number of nitrogens with zero attached hydrogens (tertiary/aromatic N) is 5. The molecule has 260 valence electrons. The molecule has 1 saturated heterocycles. The van der Waals surface area contributed by atoms with Gasteiger partial charge >= 0.3 is 0 Å². The lowest BCUT2D eigenvalue weighted by Gasteiger charge is -2.32. The molecule has 1 aliphatic heterocycles. The molecule has 0 spiro atoms. The minimum atomic E-state index is -1.15. The Labute approximate surface area is 286 Å². The van der Waals surface area contributed by atoms with E-state index in [1.807, 2.05) is 13.0 Å². The minimum absolute atomic E-state index is 0.0123. The first-order valence-corrected chi connectivity index (χ1v) is 16.3. The summed E-state index contributed by atoms with van der Waals surface area (Å²) in [6.45, 7) is 4.50. The molecule has 3 aromatic heterocycles. The van der Waals surface area contributed by atoms with Crippen molar-refractivity contribution in [3.05, 3.63) is 96.1 Å². The van der Waals surface area contributed by atoms with E-state index in [0.717, 1.165) is 5.56 Å². The molecule has 50 heavy (non-hydrogen) atoms. The predicted molar refractivity (Wildman–Crippen MR) is 182 cm³/mol. The average molecular weight is 686 g/mol. The van der Waals surface area contributed by atoms with Gasteiger partial charge < -0.3 is 36.0 Å². The normalized spacial score (nSPS) is 14.5. The zero-order chi connectivity index (χ0) is 35.0. The Hall–Kier alpha value is -5.51. The van der Waals surface area contributed by atoms with E-state index >= 15 is 8.78 Å². The highest BCUT2D eigenvalue weighted by molar-refractivity contribution is 5.96. The molecule has 6 rings (SSSR count). The number of carbonyl (C=O) groups is 2. The highest BCUT2D eigenvalue weighted by Gasteiger charge is 2.23. The number of piperazine rings is 1. The fourth-order valence-electron chi connectivity index (χ4n) is 5.70. The second-order valence-corrected chi connectivity index (χ2v) is 11.6. The third-order valence-electron chi connectivity index (χ3n) is 8.29. The van der Waals surface area contributed by atoms with Gasteiger partial charge in [0.15, 0.2) is 23.0 Å². The van der Waals surface area contributed by atoms with Crippen LogP contribution in [-0.4, -0.2) is 93.1 Å². The molecule has 1 atom stereocenters. The van der Waals surface area contributed by atoms with Crippen LogP contribution in [-0.2, 0) is 11.2 Å². The monoisotopic (exact) mass is 685 g/mol. The van der Waals surface area contributed by atoms with Crippen LogP contribution >= 0.6 is 0 Å². The molecule has 13 nitrogen and oxygen atoms in total. The van der Waals surface area contributed by atoms with Crippen LogP contribution in [0.25, 0.3) is 16.9 Å². The van der Waals surface area contributed by atoms with Crippen LogP contribution in [0.15, 0.2) is 73.3 Å². The number of anilines is 2. The fraction of sp³-hybridized carbons (Fsp3) is 0.286. The summed E-state index contributed by atoms with van der Waals surface area (Å²) in [5, 5.41) is 21.7. The Morgan fingerprint density at radius 3 is 2.74 bits per heavy atom. The number of aryl methyl sites for hydroxylation is 1. The minimum Gasteiger partial charge on any atom is -0.436 e. The third kappa shape index (κ3) is 7.70. The van der Waals surface area contributed by atoms with E-state index in [2.05, 4.69) is 36.2 Å². The first kappa shape index (κ1) is 34.4. The van der Waals surface area contributed by atoms with Crippen LogP contribution < -0.4 is 26.0 Å². The molecule has 4 heterocycles. The summed E-state index contributed by atoms with van der Waals surface area (Å²) < 4.78 is 37.4. The third-order valence-corrected chi connectivity index (χ3v) is 8.29. The molecule has 0 aliphatic carbocycles. The van der Waals surface area contributed by atoms with Gasteiger partial charge in [-0.05, 0) is 48.4 Å². The number of halogens is 2. The van der Waals surface area contributed by atoms with Crippen molar-refractivity contribution in [3.63, 3.8) is 0 Å². The van der Waals surface area contributed by atoms with Crippen molar-refractivity contribution in [2.24, 2.45) is 0 Å². The van der Waals surface area contributed by atoms with Gasteiger partial charge in [0.25, 0.3) is 5.91 Å². The van der Waals surface area contributed by atoms with Crippen molar-refractivity contribution in [2.45, 2.75) is 19.4 Å². The number of pyridine rings is 1. The number of rotatable bonds is 13. The number of imidazole rings is 1. The smallest absolute Gasteiger partial charge is 0.251 e. The first-order valence-electron chi connectivity index (χ1n) is 16.3. The van der Waals surface area contributed by atoms with Crippen LogP contribution in [0.5, 0.6) is 11.6 Å². The number of nitrogens with one attached hydrogen (secondary N) is 4. The van der Waals surface area contributed by atoms with Gasteiger partial charge in [0.05, 0.1) is 25.0 Å². The van der Waals surface area contributed by atoms with Crippen molar-refractivity contribution in [1.82, 2.24) is 40.2 Å². The standard InChI is InChI=1S/C35H37F2N9O4/c1-2-22-17-23(6-7-25(22)35(49)42-12-11-38-19-30(48)45-15-13-39-24(20-45)21-47)44-33-34-43-18-27(46(34)16-14-41-33)26-8-9-28(32(37)31(26)36)50-29-5-3-4-10-40-29/h3-10,14,16-18,24,38-39,47H,2,11-13,15,19-21H2,1H3,(H,41,44)(H,42,49)/t24-/m0/s1. The molecular weight excluding hydrogens is 648 g/mol. The van der Waals surface area contributed by atoms with Gasteiger partial charge in [-0.25, -0.2) is 19.3 Å². The zero-order valence-electron chi connectivity index (χ0n) is 27.3. The van der Waals surface area contributed by atoms with Gasteiger partial charge in [-0.1, -0.05) is 13.0 Å². The SMILES string of the molecule is CCc1cc(Nc2nccn3c(-c4ccc(Oc5ccccn5)c(F)c4F)cnc23)ccc1C(=O)NCCNCC(=O)N1CCN[C@H](CO)C1. The maximum Gasteiger partial charge on any atom is 0.251 e. The van der Waals surface area contributed by atoms with Crippen LogP contribution in [0.3, 0.4) is 0 Å². The number of carbonyl (C=O) groups excluding carboxylic acids is 2. The summed E-state index contributed by atoms with van der Waals surface area (Å²) in [4.78, 5) is 40.0. The van der Waals surface area contributed by atoms with Gasteiger partial charge in [0, 0.05) is 80.2 Å². The van der Waals surface area contributed by atoms with Crippen molar-refractivity contribution in [2.75, 3.05) is 51.2 Å². The quantitative estimate of drug-likeness (QED) is 0.117. The van der Waals surface area contributed by atoms with Gasteiger partial charge in [-0.3, -0.25) is 14.0 Å². The van der Waals surface area contributed by atoms with Crippen molar-refractivity contribution in [3.8, 4) is 22.9 Å². The lowest BCUT2D eigenvalue weighted by molar-refractivity contribution is -0.131. The lowest BCUT2D eigenvalue weighted by atomic mass is 10.0. The summed E-state index contributed by atoms with van der Waals surface area (Å²) in [6, 6.07) is 12.9. The Bertz CT molecular complexity index is 1980. The largest absolute Gasteiger partial charge is 0.436 e. The molecule has 1 fully saturated rings. The van der Waals surface area contributed by atoms with E-state index in [1.54, 1.807) is 45.8 Å². The molecular formula is C35H37F2N9O4. The Morgan fingerprint density at radius 1 is 1.06 bits per heavy atom. The number of fused-ring (bicyclic) bond motifs is 1. The molecule has 15 heteroatoms. The van der Waals surface area contributed by atoms with Crippen molar-refractivity contribution < 1.29 is 28.2 Å². The summed E-state index contributed by atoms with van der Waals surface area (Å²) in [6.07, 6.45) is 6.63. The van der Waals surface area contributed by atoms with Crippen LogP contribution in [0.4, 0.5) is 20.3 Å². The Morgan fingerprint density at radius 2 is 1.94 bits per heavy atom. The number of amides is 2. The molecule has 0 bridgehead atoms. The highest BCUT2D eigenvalue weighted by atomic mass is 19.2. The van der Waals surface area contributed by atoms with Gasteiger partial charge in [-0.2, -0.15) is 4.39 Å². The molecule has 0 radical (unpaired) electrons. The van der Waals surface area contributed by atoms with Gasteiger partial charge in [0.2, 0.25) is 17.6 Å². The zero-order valence-corrected chi connectivity index (χ0v) is 27.3. The van der Waals surface area contributed by atoms with E-state index in [9.17, 15) is 14.7 Å². The van der Waals surface area contributed by atoms with Crippen molar-refractivity contribution >= 4 is 29.0 Å². The molecule has 2 amide bonds. The first-order chi connectivity index (χ1) is 24.4. The highest BCUT2D eigenvalue weighted by Crippen LogP contribution is 2.33. The maximum absolute atomic E-state index is 15.3. The Balaban J connectivity index is 1.08. The van der Waals surface area contributed by atoms with Gasteiger partial charge in [-0.15, -0.1) is 0 Å². The van der Waals surface area contributed by atoms with E-state index in [4.69, 9.17) is 4.74 Å².